The maximum Gasteiger partial charge on any atom is 0.351 e. The molecule has 7 heteroatoms. The molecule has 0 bridgehead atoms. The van der Waals surface area contributed by atoms with Crippen molar-refractivity contribution in [1.29, 1.82) is 0 Å². The number of hydrogen-bond acceptors (Lipinski definition) is 5. The number of quaternary nitrogens is 1. The van der Waals surface area contributed by atoms with Gasteiger partial charge in [0.25, 0.3) is 0 Å². The van der Waals surface area contributed by atoms with Crippen LogP contribution in [0.3, 0.4) is 0 Å². The highest BCUT2D eigenvalue weighted by molar-refractivity contribution is 6.26. The molecule has 1 aromatic rings. The molecule has 0 aliphatic carbocycles. The maximum atomic E-state index is 9.04. The first-order chi connectivity index (χ1) is 13.5. The highest BCUT2D eigenvalue weighted by Gasteiger charge is 2.27. The summed E-state index contributed by atoms with van der Waals surface area (Å²) in [6.45, 7) is 9.16. The lowest BCUT2D eigenvalue weighted by atomic mass is 10.0. The molecular formula is C21H33N3O4. The molecule has 7 nitrogen and oxygen atoms in total. The number of piperazine rings is 1. The molecule has 0 amide bonds. The average Bonchev–Trinajstić information content (AvgIpc) is 2.70. The van der Waals surface area contributed by atoms with Crippen LogP contribution in [0.5, 0.6) is 0 Å². The molecule has 0 atom stereocenters. The number of carbonyl (C=O) groups is 2. The maximum absolute atomic E-state index is 9.04. The van der Waals surface area contributed by atoms with Gasteiger partial charge >= 0.3 is 5.97 Å². The second kappa shape index (κ2) is 11.8. The van der Waals surface area contributed by atoms with E-state index in [1.54, 1.807) is 4.90 Å². The van der Waals surface area contributed by atoms with Gasteiger partial charge in [-0.1, -0.05) is 30.3 Å². The van der Waals surface area contributed by atoms with Gasteiger partial charge in [-0.2, -0.15) is 0 Å². The first-order valence-electron chi connectivity index (χ1n) is 10.2. The molecule has 156 valence electrons. The van der Waals surface area contributed by atoms with Gasteiger partial charge in [0.2, 0.25) is 0 Å². The topological polar surface area (TPSA) is 88.4 Å². The number of likely N-dealkylation sites (N-methyl/N-ethyl adjacent to an activating group) is 1. The lowest BCUT2D eigenvalue weighted by molar-refractivity contribution is -0.884. The molecule has 28 heavy (non-hydrogen) atoms. The van der Waals surface area contributed by atoms with Crippen molar-refractivity contribution in [3.05, 3.63) is 35.9 Å². The van der Waals surface area contributed by atoms with Crippen LogP contribution >= 0.6 is 0 Å². The second-order valence-electron chi connectivity index (χ2n) is 7.75. The van der Waals surface area contributed by atoms with Crippen LogP contribution < -0.4 is 10.0 Å². The Hall–Kier alpha value is -1.96. The number of carboxylic acid groups (broad SMARTS) is 2. The predicted molar refractivity (Wildman–Crippen MR) is 105 cm³/mol. The van der Waals surface area contributed by atoms with E-state index in [1.165, 1.54) is 77.1 Å². The zero-order valence-corrected chi connectivity index (χ0v) is 16.8. The molecule has 2 N–H and O–H groups in total. The summed E-state index contributed by atoms with van der Waals surface area (Å²) >= 11 is 0. The first-order valence-corrected chi connectivity index (χ1v) is 10.2. The van der Waals surface area contributed by atoms with E-state index in [-0.39, 0.29) is 0 Å². The average molecular weight is 392 g/mol. The summed E-state index contributed by atoms with van der Waals surface area (Å²) in [7, 11) is 2.33. The summed E-state index contributed by atoms with van der Waals surface area (Å²) in [4.78, 5) is 25.2. The van der Waals surface area contributed by atoms with E-state index >= 15 is 0 Å². The fourth-order valence-electron chi connectivity index (χ4n) is 3.93. The van der Waals surface area contributed by atoms with Gasteiger partial charge in [-0.25, -0.2) is 4.79 Å². The number of nitrogens with one attached hydrogen (secondary N) is 1. The van der Waals surface area contributed by atoms with E-state index < -0.39 is 11.9 Å². The molecule has 0 aromatic heterocycles. The summed E-state index contributed by atoms with van der Waals surface area (Å²) in [6, 6.07) is 11.8. The van der Waals surface area contributed by atoms with E-state index in [0.29, 0.717) is 0 Å². The summed E-state index contributed by atoms with van der Waals surface area (Å²) < 4.78 is 0. The van der Waals surface area contributed by atoms with Crippen molar-refractivity contribution in [1.82, 2.24) is 9.80 Å². The number of benzene rings is 1. The van der Waals surface area contributed by atoms with Crippen molar-refractivity contribution in [2.75, 3.05) is 52.9 Å². The Morgan fingerprint density at radius 3 is 2.21 bits per heavy atom. The van der Waals surface area contributed by atoms with Crippen molar-refractivity contribution in [3.8, 4) is 0 Å². The summed E-state index contributed by atoms with van der Waals surface area (Å²) in [5.74, 6) is -4.01. The van der Waals surface area contributed by atoms with Crippen LogP contribution in [0.15, 0.2) is 30.3 Å². The summed E-state index contributed by atoms with van der Waals surface area (Å²) in [6.07, 6.45) is 5.28. The van der Waals surface area contributed by atoms with Crippen LogP contribution in [0.4, 0.5) is 0 Å². The highest BCUT2D eigenvalue weighted by Crippen LogP contribution is 2.17. The minimum absolute atomic E-state index is 0.860. The molecule has 3 rings (SSSR count). The third-order valence-electron chi connectivity index (χ3n) is 5.68. The number of carbonyl (C=O) groups excluding carboxylic acids is 1. The molecule has 2 heterocycles. The molecule has 0 saturated carbocycles. The third kappa shape index (κ3) is 7.96. The number of aliphatic carboxylic acids is 2. The van der Waals surface area contributed by atoms with Crippen LogP contribution in [0, 0.1) is 0 Å². The fraction of sp³-hybridized carbons (Fsp3) is 0.619. The highest BCUT2D eigenvalue weighted by atomic mass is 16.4. The van der Waals surface area contributed by atoms with E-state index in [0.717, 1.165) is 6.04 Å². The Labute approximate surface area is 167 Å². The summed E-state index contributed by atoms with van der Waals surface area (Å²) in [5.41, 5.74) is 1.48. The zero-order valence-electron chi connectivity index (χ0n) is 16.8. The van der Waals surface area contributed by atoms with Crippen molar-refractivity contribution in [2.45, 2.75) is 31.7 Å². The fourth-order valence-corrected chi connectivity index (χ4v) is 3.93. The number of hydrogen-bond donors (Lipinski definition) is 2. The van der Waals surface area contributed by atoms with E-state index in [2.05, 4.69) is 47.2 Å². The number of carboxylic acids is 2. The smallest absolute Gasteiger partial charge is 0.351 e. The predicted octanol–water partition coefficient (Wildman–Crippen LogP) is -1.27. The lowest BCUT2D eigenvalue weighted by Gasteiger charge is -2.40. The molecule has 2 fully saturated rings. The van der Waals surface area contributed by atoms with Crippen molar-refractivity contribution < 1.29 is 24.7 Å². The third-order valence-corrected chi connectivity index (χ3v) is 5.68. The van der Waals surface area contributed by atoms with Gasteiger partial charge in [0.1, 0.15) is 0 Å². The molecule has 2 saturated heterocycles. The van der Waals surface area contributed by atoms with Crippen LogP contribution in [0.2, 0.25) is 0 Å². The molecule has 0 spiro atoms. The monoisotopic (exact) mass is 391 g/mol. The molecule has 0 radical (unpaired) electrons. The number of nitrogens with zero attached hydrogens (tertiary/aromatic N) is 2. The van der Waals surface area contributed by atoms with Gasteiger partial charge in [0.05, 0.1) is 20.1 Å². The van der Waals surface area contributed by atoms with Gasteiger partial charge < -0.3 is 24.8 Å². The quantitative estimate of drug-likeness (QED) is 0.609. The largest absolute Gasteiger partial charge is 0.539 e. The minimum Gasteiger partial charge on any atom is -0.539 e. The van der Waals surface area contributed by atoms with E-state index in [1.807, 2.05) is 0 Å². The zero-order chi connectivity index (χ0) is 20.4. The second-order valence-corrected chi connectivity index (χ2v) is 7.75. The molecule has 2 aliphatic heterocycles. The number of rotatable bonds is 5. The van der Waals surface area contributed by atoms with Crippen LogP contribution in [-0.4, -0.2) is 85.7 Å². The van der Waals surface area contributed by atoms with Crippen molar-refractivity contribution in [3.63, 3.8) is 0 Å². The molecule has 2 aliphatic rings. The Morgan fingerprint density at radius 1 is 1.11 bits per heavy atom. The molecule has 0 unspecified atom stereocenters. The van der Waals surface area contributed by atoms with Gasteiger partial charge in [0.15, 0.2) is 5.97 Å². The SMILES string of the molecule is C[NH+]1CCN(C2CCN(CCCc3ccccc3)CC2)CC1.O=C([O-])C(=O)O. The standard InChI is InChI=1S/C19H31N3.C2H2O4/c1-20-14-16-22(17-15-20)19-9-12-21(13-10-19)11-5-8-18-6-3-2-4-7-18;3-1(4)2(5)6/h2-4,6-7,19H,5,8-17H2,1H3;(H,3,4)(H,5,6). The van der Waals surface area contributed by atoms with E-state index in [9.17, 15) is 0 Å². The molecule has 1 aromatic carbocycles. The Morgan fingerprint density at radius 2 is 1.68 bits per heavy atom. The van der Waals surface area contributed by atoms with Gasteiger partial charge in [0, 0.05) is 19.1 Å². The lowest BCUT2D eigenvalue weighted by Crippen LogP contribution is -3.12. The van der Waals surface area contributed by atoms with Crippen LogP contribution in [-0.2, 0) is 16.0 Å². The van der Waals surface area contributed by atoms with E-state index in [4.69, 9.17) is 19.8 Å². The van der Waals surface area contributed by atoms with Gasteiger partial charge in [-0.15, -0.1) is 0 Å². The Balaban J connectivity index is 0.000000409. The molecular weight excluding hydrogens is 358 g/mol. The van der Waals surface area contributed by atoms with Crippen molar-refractivity contribution in [2.24, 2.45) is 0 Å². The minimum atomic E-state index is -2.07. The number of aryl methyl sites for hydroxylation is 1. The Bertz CT molecular complexity index is 583. The normalized spacial score (nSPS) is 19.6. The van der Waals surface area contributed by atoms with Crippen LogP contribution in [0.1, 0.15) is 24.8 Å². The van der Waals surface area contributed by atoms with Crippen LogP contribution in [0.25, 0.3) is 0 Å². The first kappa shape index (κ1) is 22.3. The van der Waals surface area contributed by atoms with Gasteiger partial charge in [-0.3, -0.25) is 4.90 Å². The van der Waals surface area contributed by atoms with Gasteiger partial charge in [-0.05, 0) is 50.9 Å². The summed E-state index contributed by atoms with van der Waals surface area (Å²) in [5, 5.41) is 16.3. The van der Waals surface area contributed by atoms with Crippen molar-refractivity contribution >= 4 is 11.9 Å². The Kier molecular flexibility index (Phi) is 9.40. The number of likely N-dealkylation sites (tertiary alicyclic amines) is 1. The number of piperidine rings is 1.